The number of carbonyl (C=O) groups is 1. The fourth-order valence-corrected chi connectivity index (χ4v) is 8.13. The van der Waals surface area contributed by atoms with E-state index in [1.165, 1.54) is 12.4 Å². The third-order valence-corrected chi connectivity index (χ3v) is 9.91. The number of likely N-dealkylation sites (tertiary alicyclic amines) is 1. The Labute approximate surface area is 282 Å². The molecule has 0 aliphatic carbocycles. The number of hydrogen-bond donors (Lipinski definition) is 1. The fraction of sp³-hybridized carbons (Fsp3) is 0.471. The monoisotopic (exact) mass is 667 g/mol. The largest absolute Gasteiger partial charge is 0.486 e. The van der Waals surface area contributed by atoms with Gasteiger partial charge in [0.15, 0.2) is 6.23 Å². The van der Waals surface area contributed by atoms with Crippen LogP contribution in [0, 0.1) is 10.8 Å². The second-order valence-electron chi connectivity index (χ2n) is 13.6. The average molecular weight is 669 g/mol. The predicted octanol–water partition coefficient (Wildman–Crippen LogP) is 7.85. The van der Waals surface area contributed by atoms with Gasteiger partial charge in [0, 0.05) is 70.9 Å². The van der Waals surface area contributed by atoms with Gasteiger partial charge in [0.25, 0.3) is 0 Å². The van der Waals surface area contributed by atoms with Crippen LogP contribution in [0.2, 0.25) is 10.0 Å². The smallest absolute Gasteiger partial charge is 0.407 e. The van der Waals surface area contributed by atoms with Gasteiger partial charge in [-0.25, -0.2) is 14.5 Å². The summed E-state index contributed by atoms with van der Waals surface area (Å²) in [6.45, 7) is 6.33. The molecule has 3 unspecified atom stereocenters. The number of nitrogens with zero attached hydrogens (tertiary/aromatic N) is 6. The molecule has 4 aromatic rings. The molecule has 242 valence electrons. The van der Waals surface area contributed by atoms with Crippen LogP contribution >= 0.6 is 23.2 Å². The van der Waals surface area contributed by atoms with Crippen molar-refractivity contribution >= 4 is 46.0 Å². The van der Waals surface area contributed by atoms with E-state index >= 15 is 0 Å². The summed E-state index contributed by atoms with van der Waals surface area (Å²) in [4.78, 5) is 24.3. The molecule has 3 aliphatic heterocycles. The molecule has 7 rings (SSSR count). The highest BCUT2D eigenvalue weighted by Crippen LogP contribution is 2.53. The molecule has 46 heavy (non-hydrogen) atoms. The molecular weight excluding hydrogens is 627 g/mol. The lowest BCUT2D eigenvalue weighted by Gasteiger charge is -2.68. The Hall–Kier alpha value is -3.60. The van der Waals surface area contributed by atoms with Crippen molar-refractivity contribution in [1.29, 1.82) is 0 Å². The van der Waals surface area contributed by atoms with E-state index in [0.717, 1.165) is 54.6 Å². The summed E-state index contributed by atoms with van der Waals surface area (Å²) in [5.74, 6) is 1.12. The van der Waals surface area contributed by atoms with Crippen LogP contribution in [0.4, 0.5) is 10.6 Å². The van der Waals surface area contributed by atoms with Crippen molar-refractivity contribution in [3.63, 3.8) is 0 Å². The zero-order chi connectivity index (χ0) is 34.9. The van der Waals surface area contributed by atoms with Gasteiger partial charge < -0.3 is 24.4 Å². The highest BCUT2D eigenvalue weighted by atomic mass is 35.5. The van der Waals surface area contributed by atoms with E-state index in [4.69, 9.17) is 46.9 Å². The summed E-state index contributed by atoms with van der Waals surface area (Å²) in [7, 11) is 0. The number of aromatic nitrogens is 4. The summed E-state index contributed by atoms with van der Waals surface area (Å²) < 4.78 is 38.8. The number of benzene rings is 1. The highest BCUT2D eigenvalue weighted by Gasteiger charge is 2.64. The molecule has 6 heterocycles. The van der Waals surface area contributed by atoms with E-state index in [-0.39, 0.29) is 38.7 Å². The first-order valence-electron chi connectivity index (χ1n) is 17.0. The molecule has 1 amide bonds. The summed E-state index contributed by atoms with van der Waals surface area (Å²) >= 11 is 12.7. The van der Waals surface area contributed by atoms with Crippen LogP contribution in [-0.2, 0) is 4.74 Å². The van der Waals surface area contributed by atoms with E-state index in [9.17, 15) is 9.90 Å². The predicted molar refractivity (Wildman–Crippen MR) is 178 cm³/mol. The van der Waals surface area contributed by atoms with E-state index in [0.29, 0.717) is 24.6 Å². The Balaban J connectivity index is 1.20. The molecule has 3 saturated heterocycles. The number of carboxylic acid groups (broad SMARTS) is 1. The Kier molecular flexibility index (Phi) is 6.92. The Morgan fingerprint density at radius 2 is 1.91 bits per heavy atom. The lowest BCUT2D eigenvalue weighted by Crippen LogP contribution is -2.81. The van der Waals surface area contributed by atoms with Crippen LogP contribution in [0.5, 0.6) is 5.75 Å². The van der Waals surface area contributed by atoms with Crippen molar-refractivity contribution in [3.8, 4) is 17.0 Å². The minimum Gasteiger partial charge on any atom is -0.486 e. The van der Waals surface area contributed by atoms with Crippen molar-refractivity contribution in [2.45, 2.75) is 65.3 Å². The Bertz CT molecular complexity index is 1870. The normalized spacial score (nSPS) is 22.8. The van der Waals surface area contributed by atoms with Crippen LogP contribution in [0.1, 0.15) is 68.9 Å². The number of halogens is 2. The lowest BCUT2D eigenvalue weighted by atomic mass is 9.58. The molecule has 1 spiro atoms. The minimum absolute atomic E-state index is 0.0581. The first-order chi connectivity index (χ1) is 23.2. The lowest BCUT2D eigenvalue weighted by molar-refractivity contribution is -0.121. The summed E-state index contributed by atoms with van der Waals surface area (Å²) in [6, 6.07) is 9.23. The maximum absolute atomic E-state index is 11.8. The van der Waals surface area contributed by atoms with Gasteiger partial charge in [0.1, 0.15) is 23.4 Å². The van der Waals surface area contributed by atoms with E-state index < -0.39 is 19.0 Å². The summed E-state index contributed by atoms with van der Waals surface area (Å²) in [5, 5.41) is 15.7. The van der Waals surface area contributed by atoms with Crippen molar-refractivity contribution in [1.82, 2.24) is 24.6 Å². The van der Waals surface area contributed by atoms with Crippen LogP contribution in [-0.4, -0.2) is 68.1 Å². The molecule has 3 aromatic heterocycles. The SMILES string of the molecule is [2H]C([2H])([2H])C(Oc1ccc2c(c1)c(-c1ccc(N3CC4(C3)CN(C(=O)O)C4C(C)(C)C)nc1)nn2C1CCCCO1)c1c(Cl)cncc1Cl. The molecule has 3 aliphatic rings. The van der Waals surface area contributed by atoms with E-state index in [1.807, 2.05) is 22.9 Å². The van der Waals surface area contributed by atoms with Crippen molar-refractivity contribution in [3.05, 3.63) is 64.5 Å². The van der Waals surface area contributed by atoms with Crippen molar-refractivity contribution < 1.29 is 23.5 Å². The molecule has 0 bridgehead atoms. The molecule has 12 heteroatoms. The van der Waals surface area contributed by atoms with Gasteiger partial charge in [0.05, 0.1) is 21.6 Å². The van der Waals surface area contributed by atoms with Crippen LogP contribution < -0.4 is 9.64 Å². The first-order valence-corrected chi connectivity index (χ1v) is 16.2. The second kappa shape index (κ2) is 11.6. The van der Waals surface area contributed by atoms with Crippen LogP contribution in [0.25, 0.3) is 22.2 Å². The van der Waals surface area contributed by atoms with Crippen molar-refractivity contribution in [2.75, 3.05) is 31.1 Å². The van der Waals surface area contributed by atoms with Gasteiger partial charge in [-0.1, -0.05) is 44.0 Å². The van der Waals surface area contributed by atoms with Gasteiger partial charge in [-0.2, -0.15) is 5.10 Å². The number of anilines is 1. The molecule has 1 N–H and O–H groups in total. The van der Waals surface area contributed by atoms with Crippen LogP contribution in [0.3, 0.4) is 0 Å². The molecule has 3 atom stereocenters. The molecule has 3 fully saturated rings. The van der Waals surface area contributed by atoms with Crippen LogP contribution in [0.15, 0.2) is 48.9 Å². The average Bonchev–Trinajstić information content (AvgIpc) is 3.37. The van der Waals surface area contributed by atoms with Gasteiger partial charge >= 0.3 is 6.09 Å². The third-order valence-electron chi connectivity index (χ3n) is 9.31. The first kappa shape index (κ1) is 27.5. The summed E-state index contributed by atoms with van der Waals surface area (Å²) in [5.41, 5.74) is 2.13. The molecular formula is C34H38Cl2N6O4. The maximum atomic E-state index is 11.8. The standard InChI is InChI=1S/C34H38Cl2N6O4/c1-20(29-24(35)15-37-16-25(29)36)46-22-9-10-26-23(13-22)30(39-42(26)28-7-5-6-12-45-28)21-8-11-27(38-14-21)40-17-34(18-40)19-41(32(43)44)31(34)33(2,3)4/h8-11,13-16,20,28,31H,5-7,12,17-19H2,1-4H3,(H,43,44)/i1D3. The van der Waals surface area contributed by atoms with Crippen molar-refractivity contribution in [2.24, 2.45) is 10.8 Å². The third kappa shape index (κ3) is 5.34. The number of fused-ring (bicyclic) bond motifs is 1. The van der Waals surface area contributed by atoms with Gasteiger partial charge in [-0.15, -0.1) is 0 Å². The highest BCUT2D eigenvalue weighted by molar-refractivity contribution is 6.35. The second-order valence-corrected chi connectivity index (χ2v) is 14.4. The molecule has 1 aromatic carbocycles. The molecule has 0 radical (unpaired) electrons. The number of pyridine rings is 2. The fourth-order valence-electron chi connectivity index (χ4n) is 7.57. The van der Waals surface area contributed by atoms with Gasteiger partial charge in [0.2, 0.25) is 0 Å². The number of hydrogen-bond acceptors (Lipinski definition) is 7. The van der Waals surface area contributed by atoms with E-state index in [1.54, 1.807) is 23.2 Å². The van der Waals surface area contributed by atoms with E-state index in [2.05, 4.69) is 30.7 Å². The Morgan fingerprint density at radius 3 is 2.54 bits per heavy atom. The zero-order valence-corrected chi connectivity index (χ0v) is 27.4. The Morgan fingerprint density at radius 1 is 1.13 bits per heavy atom. The minimum atomic E-state index is -2.58. The maximum Gasteiger partial charge on any atom is 0.407 e. The molecule has 0 saturated carbocycles. The number of rotatable bonds is 6. The number of amides is 1. The summed E-state index contributed by atoms with van der Waals surface area (Å²) in [6.07, 6.45) is 4.75. The topological polar surface area (TPSA) is 106 Å². The zero-order valence-electron chi connectivity index (χ0n) is 28.9. The molecule has 10 nitrogen and oxygen atoms in total. The van der Waals surface area contributed by atoms with Gasteiger partial charge in [-0.3, -0.25) is 4.98 Å². The quantitative estimate of drug-likeness (QED) is 0.222. The number of ether oxygens (including phenoxy) is 2. The van der Waals surface area contributed by atoms with Gasteiger partial charge in [-0.05, 0) is 61.9 Å².